The first-order chi connectivity index (χ1) is 12.4. The van der Waals surface area contributed by atoms with E-state index in [9.17, 15) is 13.2 Å². The molecular weight excluding hydrogens is 376 g/mol. The quantitative estimate of drug-likeness (QED) is 0.843. The van der Waals surface area contributed by atoms with Crippen molar-refractivity contribution < 1.29 is 17.9 Å². The Balaban J connectivity index is 1.81. The van der Waals surface area contributed by atoms with E-state index in [2.05, 4.69) is 5.32 Å². The number of nitrogens with zero attached hydrogens (tertiary/aromatic N) is 1. The minimum absolute atomic E-state index is 0.000751. The van der Waals surface area contributed by atoms with Crippen molar-refractivity contribution in [1.82, 2.24) is 9.62 Å². The van der Waals surface area contributed by atoms with Gasteiger partial charge >= 0.3 is 0 Å². The number of piperidine rings is 1. The molecule has 144 valence electrons. The van der Waals surface area contributed by atoms with Crippen molar-refractivity contribution in [3.8, 4) is 0 Å². The van der Waals surface area contributed by atoms with E-state index in [-0.39, 0.29) is 21.9 Å². The van der Waals surface area contributed by atoms with E-state index in [0.717, 1.165) is 25.7 Å². The van der Waals surface area contributed by atoms with Crippen molar-refractivity contribution >= 4 is 27.5 Å². The number of benzene rings is 1. The maximum Gasteiger partial charge on any atom is 0.251 e. The monoisotopic (exact) mass is 400 g/mol. The Morgan fingerprint density at radius 2 is 2.12 bits per heavy atom. The third kappa shape index (κ3) is 4.39. The van der Waals surface area contributed by atoms with E-state index in [1.165, 1.54) is 16.4 Å². The highest BCUT2D eigenvalue weighted by Crippen LogP contribution is 2.29. The molecule has 8 heteroatoms. The summed E-state index contributed by atoms with van der Waals surface area (Å²) >= 11 is 6.18. The number of hydrogen-bond acceptors (Lipinski definition) is 4. The second-order valence-corrected chi connectivity index (χ2v) is 9.46. The van der Waals surface area contributed by atoms with E-state index < -0.39 is 10.0 Å². The zero-order valence-corrected chi connectivity index (χ0v) is 16.5. The number of carbonyl (C=O) groups excluding carboxylic acids is 1. The van der Waals surface area contributed by atoms with Gasteiger partial charge in [0.05, 0.1) is 17.7 Å². The third-order valence-corrected chi connectivity index (χ3v) is 7.27. The summed E-state index contributed by atoms with van der Waals surface area (Å²) < 4.78 is 32.9. The Morgan fingerprint density at radius 3 is 2.81 bits per heavy atom. The minimum atomic E-state index is -3.72. The molecule has 1 aromatic rings. The van der Waals surface area contributed by atoms with E-state index in [4.69, 9.17) is 16.3 Å². The van der Waals surface area contributed by atoms with Gasteiger partial charge in [-0.05, 0) is 49.8 Å². The van der Waals surface area contributed by atoms with Crippen LogP contribution >= 0.6 is 11.6 Å². The molecule has 2 aliphatic heterocycles. The molecule has 6 nitrogen and oxygen atoms in total. The molecule has 2 aliphatic rings. The molecule has 1 amide bonds. The molecule has 0 aliphatic carbocycles. The number of rotatable bonds is 4. The molecule has 0 bridgehead atoms. The fraction of sp³-hybridized carbons (Fsp3) is 0.611. The van der Waals surface area contributed by atoms with Crippen LogP contribution in [-0.4, -0.2) is 51.0 Å². The van der Waals surface area contributed by atoms with Gasteiger partial charge in [-0.15, -0.1) is 0 Å². The average Bonchev–Trinajstić information content (AvgIpc) is 2.62. The molecule has 3 rings (SSSR count). The summed E-state index contributed by atoms with van der Waals surface area (Å²) in [6.07, 6.45) is 3.61. The lowest BCUT2D eigenvalue weighted by atomic mass is 10.0. The Morgan fingerprint density at radius 1 is 1.31 bits per heavy atom. The molecule has 2 heterocycles. The standard InChI is InChI=1S/C18H25ClN2O4S/c1-13-4-2-8-21(11-13)26(23,24)17-10-14(6-7-16(17)19)18(22)20-15-5-3-9-25-12-15/h6-7,10,13,15H,2-5,8-9,11-12H2,1H3,(H,20,22). The molecule has 2 saturated heterocycles. The van der Waals surface area contributed by atoms with Gasteiger partial charge in [-0.1, -0.05) is 18.5 Å². The van der Waals surface area contributed by atoms with Crippen LogP contribution in [0, 0.1) is 5.92 Å². The van der Waals surface area contributed by atoms with Gasteiger partial charge in [0.25, 0.3) is 5.91 Å². The number of carbonyl (C=O) groups is 1. The number of nitrogens with one attached hydrogen (secondary N) is 1. The predicted molar refractivity (Wildman–Crippen MR) is 99.9 cm³/mol. The first kappa shape index (κ1) is 19.6. The molecule has 1 N–H and O–H groups in total. The van der Waals surface area contributed by atoms with Gasteiger partial charge in [-0.25, -0.2) is 8.42 Å². The highest BCUT2D eigenvalue weighted by atomic mass is 35.5. The van der Waals surface area contributed by atoms with Crippen molar-refractivity contribution in [3.63, 3.8) is 0 Å². The molecule has 2 atom stereocenters. The first-order valence-corrected chi connectivity index (χ1v) is 10.9. The fourth-order valence-corrected chi connectivity index (χ4v) is 5.57. The Labute approximate surface area is 159 Å². The maximum atomic E-state index is 13.0. The van der Waals surface area contributed by atoms with Gasteiger partial charge in [-0.2, -0.15) is 4.31 Å². The van der Waals surface area contributed by atoms with E-state index in [1.54, 1.807) is 6.07 Å². The van der Waals surface area contributed by atoms with Crippen LogP contribution in [0.25, 0.3) is 0 Å². The van der Waals surface area contributed by atoms with Crippen molar-refractivity contribution in [2.75, 3.05) is 26.3 Å². The van der Waals surface area contributed by atoms with Crippen LogP contribution in [0.5, 0.6) is 0 Å². The summed E-state index contributed by atoms with van der Waals surface area (Å²) in [6.45, 7) is 4.20. The van der Waals surface area contributed by atoms with Crippen LogP contribution in [0.1, 0.15) is 43.0 Å². The zero-order chi connectivity index (χ0) is 18.7. The Hall–Kier alpha value is -1.15. The largest absolute Gasteiger partial charge is 0.379 e. The smallest absolute Gasteiger partial charge is 0.251 e. The normalized spacial score (nSPS) is 25.0. The summed E-state index contributed by atoms with van der Waals surface area (Å²) in [5.74, 6) is 0.00992. The summed E-state index contributed by atoms with van der Waals surface area (Å²) in [5, 5.41) is 3.04. The molecule has 0 radical (unpaired) electrons. The Kier molecular flexibility index (Phi) is 6.22. The summed E-state index contributed by atoms with van der Waals surface area (Å²) in [7, 11) is -3.72. The Bertz CT molecular complexity index is 762. The zero-order valence-electron chi connectivity index (χ0n) is 14.9. The summed E-state index contributed by atoms with van der Waals surface area (Å²) in [5.41, 5.74) is 0.295. The molecule has 0 spiro atoms. The third-order valence-electron chi connectivity index (χ3n) is 4.93. The van der Waals surface area contributed by atoms with Crippen LogP contribution in [0.2, 0.25) is 5.02 Å². The SMILES string of the molecule is CC1CCCN(S(=O)(=O)c2cc(C(=O)NC3CCCOC3)ccc2Cl)C1. The first-order valence-electron chi connectivity index (χ1n) is 9.06. The average molecular weight is 401 g/mol. The minimum Gasteiger partial charge on any atom is -0.379 e. The van der Waals surface area contributed by atoms with E-state index in [0.29, 0.717) is 37.8 Å². The number of halogens is 1. The molecule has 2 unspecified atom stereocenters. The van der Waals surface area contributed by atoms with Gasteiger partial charge in [0.1, 0.15) is 4.90 Å². The predicted octanol–water partition coefficient (Wildman–Crippen LogP) is 2.67. The molecule has 2 fully saturated rings. The molecule has 1 aromatic carbocycles. The lowest BCUT2D eigenvalue weighted by molar-refractivity contribution is 0.0624. The van der Waals surface area contributed by atoms with Crippen LogP contribution in [0.15, 0.2) is 23.1 Å². The summed E-state index contributed by atoms with van der Waals surface area (Å²) in [4.78, 5) is 12.5. The fourth-order valence-electron chi connectivity index (χ4n) is 3.47. The number of hydrogen-bond donors (Lipinski definition) is 1. The summed E-state index contributed by atoms with van der Waals surface area (Å²) in [6, 6.07) is 4.37. The second-order valence-electron chi connectivity index (χ2n) is 7.14. The lowest BCUT2D eigenvalue weighted by Crippen LogP contribution is -2.41. The van der Waals surface area contributed by atoms with Crippen molar-refractivity contribution in [3.05, 3.63) is 28.8 Å². The molecule has 26 heavy (non-hydrogen) atoms. The lowest BCUT2D eigenvalue weighted by Gasteiger charge is -2.30. The van der Waals surface area contributed by atoms with Gasteiger partial charge in [-0.3, -0.25) is 4.79 Å². The van der Waals surface area contributed by atoms with Crippen molar-refractivity contribution in [2.45, 2.75) is 43.5 Å². The number of ether oxygens (including phenoxy) is 1. The van der Waals surface area contributed by atoms with Gasteiger partial charge < -0.3 is 10.1 Å². The van der Waals surface area contributed by atoms with Crippen molar-refractivity contribution in [1.29, 1.82) is 0 Å². The van der Waals surface area contributed by atoms with Crippen LogP contribution < -0.4 is 5.32 Å². The second kappa shape index (κ2) is 8.25. The van der Waals surface area contributed by atoms with E-state index >= 15 is 0 Å². The number of sulfonamides is 1. The highest BCUT2D eigenvalue weighted by Gasteiger charge is 2.31. The molecular formula is C18H25ClN2O4S. The highest BCUT2D eigenvalue weighted by molar-refractivity contribution is 7.89. The van der Waals surface area contributed by atoms with Gasteiger partial charge in [0.15, 0.2) is 0 Å². The molecule has 0 aromatic heterocycles. The van der Waals surface area contributed by atoms with Crippen LogP contribution in [0.3, 0.4) is 0 Å². The van der Waals surface area contributed by atoms with Crippen LogP contribution in [0.4, 0.5) is 0 Å². The van der Waals surface area contributed by atoms with Crippen molar-refractivity contribution in [2.24, 2.45) is 5.92 Å². The van der Waals surface area contributed by atoms with Gasteiger partial charge in [0, 0.05) is 25.3 Å². The number of amides is 1. The van der Waals surface area contributed by atoms with Gasteiger partial charge in [0.2, 0.25) is 10.0 Å². The van der Waals surface area contributed by atoms with E-state index in [1.807, 2.05) is 6.92 Å². The maximum absolute atomic E-state index is 13.0. The topological polar surface area (TPSA) is 75.7 Å². The van der Waals surface area contributed by atoms with Crippen LogP contribution in [-0.2, 0) is 14.8 Å². The molecule has 0 saturated carbocycles.